The highest BCUT2D eigenvalue weighted by molar-refractivity contribution is 5.79. The fourth-order valence-electron chi connectivity index (χ4n) is 5.24. The van der Waals surface area contributed by atoms with E-state index in [-0.39, 0.29) is 12.4 Å². The lowest BCUT2D eigenvalue weighted by Gasteiger charge is -2.13. The molecule has 0 aliphatic carbocycles. The van der Waals surface area contributed by atoms with E-state index in [4.69, 9.17) is 9.84 Å². The Hall–Kier alpha value is -1.32. The Bertz CT molecular complexity index is 557. The number of esters is 1. The molecule has 0 rings (SSSR count). The van der Waals surface area contributed by atoms with Crippen molar-refractivity contribution in [2.75, 3.05) is 6.61 Å². The molecular weight excluding hydrogens is 484 g/mol. The Kier molecular flexibility index (Phi) is 30.2. The van der Waals surface area contributed by atoms with Crippen LogP contribution >= 0.6 is 0 Å². The van der Waals surface area contributed by atoms with Crippen LogP contribution in [0.3, 0.4) is 0 Å². The number of carbonyl (C=O) groups is 2. The van der Waals surface area contributed by atoms with E-state index < -0.39 is 11.9 Å². The van der Waals surface area contributed by atoms with E-state index in [2.05, 4.69) is 19.1 Å². The number of allylic oxidation sites excluding steroid dienone is 2. The van der Waals surface area contributed by atoms with Crippen molar-refractivity contribution in [3.8, 4) is 0 Å². The van der Waals surface area contributed by atoms with Gasteiger partial charge in [-0.1, -0.05) is 154 Å². The molecule has 4 heteroatoms. The molecule has 0 aromatic carbocycles. The third kappa shape index (κ3) is 29.5. The summed E-state index contributed by atoms with van der Waals surface area (Å²) in [5, 5.41) is 9.04. The van der Waals surface area contributed by atoms with Crippen LogP contribution in [0.25, 0.3) is 0 Å². The van der Waals surface area contributed by atoms with Crippen LogP contribution in [0.2, 0.25) is 0 Å². The van der Waals surface area contributed by atoms with Crippen molar-refractivity contribution in [2.24, 2.45) is 5.92 Å². The molecule has 0 aliphatic rings. The number of carbonyl (C=O) groups excluding carboxylic acids is 1. The largest absolute Gasteiger partial charge is 0.481 e. The minimum Gasteiger partial charge on any atom is -0.481 e. The second-order valence-electron chi connectivity index (χ2n) is 11.7. The number of rotatable bonds is 31. The molecule has 0 amide bonds. The summed E-state index contributed by atoms with van der Waals surface area (Å²) in [7, 11) is 0. The number of aliphatic carboxylic acids is 1. The Labute approximate surface area is 243 Å². The van der Waals surface area contributed by atoms with E-state index in [1.54, 1.807) is 0 Å². The number of hydrogen-bond acceptors (Lipinski definition) is 3. The van der Waals surface area contributed by atoms with Gasteiger partial charge in [0.05, 0.1) is 18.9 Å². The summed E-state index contributed by atoms with van der Waals surface area (Å²) in [4.78, 5) is 23.0. The van der Waals surface area contributed by atoms with Crippen molar-refractivity contribution >= 4 is 11.9 Å². The van der Waals surface area contributed by atoms with Crippen molar-refractivity contribution in [3.63, 3.8) is 0 Å². The van der Waals surface area contributed by atoms with Gasteiger partial charge in [0.15, 0.2) is 0 Å². The van der Waals surface area contributed by atoms with Crippen molar-refractivity contribution in [1.82, 2.24) is 0 Å². The Morgan fingerprint density at radius 2 is 0.949 bits per heavy atom. The maximum absolute atomic E-state index is 12.0. The molecule has 1 N–H and O–H groups in total. The van der Waals surface area contributed by atoms with Crippen LogP contribution in [0, 0.1) is 5.92 Å². The zero-order valence-electron chi connectivity index (χ0n) is 26.2. The molecule has 0 heterocycles. The minimum atomic E-state index is -0.917. The molecule has 4 nitrogen and oxygen atoms in total. The van der Waals surface area contributed by atoms with Crippen molar-refractivity contribution < 1.29 is 19.4 Å². The summed E-state index contributed by atoms with van der Waals surface area (Å²) in [5.74, 6) is -1.74. The van der Waals surface area contributed by atoms with Gasteiger partial charge >= 0.3 is 11.9 Å². The smallest absolute Gasteiger partial charge is 0.309 e. The lowest BCUT2D eigenvalue weighted by Crippen LogP contribution is -2.21. The molecule has 0 aliphatic heterocycles. The second kappa shape index (κ2) is 31.2. The molecule has 0 fully saturated rings. The molecule has 0 radical (unpaired) electrons. The molecule has 230 valence electrons. The van der Waals surface area contributed by atoms with Crippen LogP contribution in [0.15, 0.2) is 12.2 Å². The molecule has 39 heavy (non-hydrogen) atoms. The van der Waals surface area contributed by atoms with Gasteiger partial charge in [0, 0.05) is 0 Å². The maximum atomic E-state index is 12.0. The fourth-order valence-corrected chi connectivity index (χ4v) is 5.24. The van der Waals surface area contributed by atoms with E-state index in [9.17, 15) is 9.59 Å². The molecule has 0 saturated carbocycles. The number of carboxylic acid groups (broad SMARTS) is 1. The Morgan fingerprint density at radius 3 is 1.33 bits per heavy atom. The predicted molar refractivity (Wildman–Crippen MR) is 167 cm³/mol. The second-order valence-corrected chi connectivity index (χ2v) is 11.7. The van der Waals surface area contributed by atoms with Crippen LogP contribution in [0.4, 0.5) is 0 Å². The third-order valence-corrected chi connectivity index (χ3v) is 7.77. The number of ether oxygens (including phenoxy) is 1. The van der Waals surface area contributed by atoms with E-state index in [0.717, 1.165) is 19.3 Å². The summed E-state index contributed by atoms with van der Waals surface area (Å²) < 4.78 is 5.16. The van der Waals surface area contributed by atoms with E-state index in [1.165, 1.54) is 141 Å². The topological polar surface area (TPSA) is 63.6 Å². The first-order chi connectivity index (χ1) is 19.1. The highest BCUT2D eigenvalue weighted by Gasteiger charge is 2.22. The maximum Gasteiger partial charge on any atom is 0.309 e. The molecule has 0 spiro atoms. The quantitative estimate of drug-likeness (QED) is 0.0529. The highest BCUT2D eigenvalue weighted by atomic mass is 16.5. The fraction of sp³-hybridized carbons (Fsp3) is 0.886. The molecule has 1 atom stereocenters. The first-order valence-electron chi connectivity index (χ1n) is 17.1. The van der Waals surface area contributed by atoms with Crippen LogP contribution in [-0.4, -0.2) is 23.7 Å². The van der Waals surface area contributed by atoms with Crippen LogP contribution in [0.5, 0.6) is 0 Å². The van der Waals surface area contributed by atoms with Gasteiger partial charge in [0.1, 0.15) is 0 Å². The first-order valence-corrected chi connectivity index (χ1v) is 17.1. The third-order valence-electron chi connectivity index (χ3n) is 7.77. The average Bonchev–Trinajstić information content (AvgIpc) is 2.92. The lowest BCUT2D eigenvalue weighted by molar-refractivity contribution is -0.153. The van der Waals surface area contributed by atoms with Gasteiger partial charge in [-0.15, -0.1) is 0 Å². The standard InChI is InChI=1S/C35H66O4/c1-3-5-6-7-8-9-10-11-12-13-14-15-16-17-18-19-20-21-22-23-24-25-26-27-28-29-30-33(32-34(36)37)35(38)39-31-4-2/h15-16,33H,3-14,17-32H2,1-2H3,(H,36,37)/b16-15+. The van der Waals surface area contributed by atoms with Crippen LogP contribution in [-0.2, 0) is 14.3 Å². The summed E-state index contributed by atoms with van der Waals surface area (Å²) in [5.41, 5.74) is 0. The number of hydrogen-bond donors (Lipinski definition) is 1. The Balaban J connectivity index is 3.36. The number of carboxylic acids is 1. The van der Waals surface area contributed by atoms with Crippen molar-refractivity contribution in [1.29, 1.82) is 0 Å². The molecular formula is C35H66O4. The number of unbranched alkanes of at least 4 members (excludes halogenated alkanes) is 22. The van der Waals surface area contributed by atoms with Crippen molar-refractivity contribution in [2.45, 2.75) is 187 Å². The predicted octanol–water partition coefficient (Wildman–Crippen LogP) is 11.4. The SMILES string of the molecule is CCCCCCCCCCCC/C=C/CCCCCCCCCCCCCCC(CC(=O)O)C(=O)OCCC. The molecule has 0 aromatic rings. The van der Waals surface area contributed by atoms with E-state index >= 15 is 0 Å². The first kappa shape index (κ1) is 37.7. The normalized spacial score (nSPS) is 12.3. The van der Waals surface area contributed by atoms with Gasteiger partial charge in [-0.05, 0) is 38.5 Å². The Morgan fingerprint density at radius 1 is 0.564 bits per heavy atom. The van der Waals surface area contributed by atoms with Gasteiger partial charge in [-0.2, -0.15) is 0 Å². The van der Waals surface area contributed by atoms with E-state index in [1.807, 2.05) is 6.92 Å². The van der Waals surface area contributed by atoms with Crippen LogP contribution < -0.4 is 0 Å². The van der Waals surface area contributed by atoms with Gasteiger partial charge in [0.25, 0.3) is 0 Å². The van der Waals surface area contributed by atoms with E-state index in [0.29, 0.717) is 13.0 Å². The van der Waals surface area contributed by atoms with Crippen LogP contribution in [0.1, 0.15) is 187 Å². The van der Waals surface area contributed by atoms with Gasteiger partial charge < -0.3 is 9.84 Å². The highest BCUT2D eigenvalue weighted by Crippen LogP contribution is 2.18. The van der Waals surface area contributed by atoms with Gasteiger partial charge in [0.2, 0.25) is 0 Å². The monoisotopic (exact) mass is 550 g/mol. The average molecular weight is 551 g/mol. The minimum absolute atomic E-state index is 0.112. The lowest BCUT2D eigenvalue weighted by atomic mass is 9.97. The van der Waals surface area contributed by atoms with Gasteiger partial charge in [-0.25, -0.2) is 0 Å². The van der Waals surface area contributed by atoms with Crippen molar-refractivity contribution in [3.05, 3.63) is 12.2 Å². The molecule has 1 unspecified atom stereocenters. The van der Waals surface area contributed by atoms with Gasteiger partial charge in [-0.3, -0.25) is 9.59 Å². The summed E-state index contributed by atoms with van der Waals surface area (Å²) in [6.07, 6.45) is 38.0. The zero-order chi connectivity index (χ0) is 28.7. The summed E-state index contributed by atoms with van der Waals surface area (Å²) in [6, 6.07) is 0. The molecule has 0 bridgehead atoms. The zero-order valence-corrected chi connectivity index (χ0v) is 26.2. The summed E-state index contributed by atoms with van der Waals surface area (Å²) in [6.45, 7) is 4.61. The molecule has 0 aromatic heterocycles. The molecule has 0 saturated heterocycles. The summed E-state index contributed by atoms with van der Waals surface area (Å²) >= 11 is 0.